The van der Waals surface area contributed by atoms with Crippen LogP contribution in [0, 0.1) is 0 Å². The molecular formula is C13H14O5. The van der Waals surface area contributed by atoms with E-state index < -0.39 is 0 Å². The summed E-state index contributed by atoms with van der Waals surface area (Å²) in [6, 6.07) is 4.99. The summed E-state index contributed by atoms with van der Waals surface area (Å²) in [5.41, 5.74) is 0.285. The van der Waals surface area contributed by atoms with Crippen LogP contribution in [0.25, 0.3) is 0 Å². The molecule has 3 rings (SSSR count). The molecular weight excluding hydrogens is 236 g/mol. The van der Waals surface area contributed by atoms with Crippen LogP contribution in [0.2, 0.25) is 0 Å². The van der Waals surface area contributed by atoms with E-state index in [0.717, 1.165) is 0 Å². The molecule has 18 heavy (non-hydrogen) atoms. The van der Waals surface area contributed by atoms with E-state index in [9.17, 15) is 4.79 Å². The minimum Gasteiger partial charge on any atom is -0.459 e. The van der Waals surface area contributed by atoms with E-state index in [2.05, 4.69) is 0 Å². The number of rotatable bonds is 3. The third-order valence-corrected chi connectivity index (χ3v) is 3.14. The van der Waals surface area contributed by atoms with Gasteiger partial charge >= 0.3 is 5.97 Å². The lowest BCUT2D eigenvalue weighted by atomic mass is 10.1. The fourth-order valence-corrected chi connectivity index (χ4v) is 1.83. The summed E-state index contributed by atoms with van der Waals surface area (Å²) in [6.07, 6.45) is -0.00420. The van der Waals surface area contributed by atoms with Crippen LogP contribution in [0.4, 0.5) is 0 Å². The number of hydrogen-bond donors (Lipinski definition) is 0. The normalized spacial score (nSPS) is 22.7. The largest absolute Gasteiger partial charge is 0.459 e. The zero-order valence-corrected chi connectivity index (χ0v) is 10.3. The number of epoxide rings is 1. The van der Waals surface area contributed by atoms with E-state index in [0.29, 0.717) is 17.1 Å². The predicted molar refractivity (Wildman–Crippen MR) is 61.8 cm³/mol. The molecule has 5 heteroatoms. The van der Waals surface area contributed by atoms with Gasteiger partial charge in [0.1, 0.15) is 12.7 Å². The lowest BCUT2D eigenvalue weighted by molar-refractivity contribution is 0.0476. The van der Waals surface area contributed by atoms with Crippen molar-refractivity contribution in [2.45, 2.75) is 25.6 Å². The molecule has 0 radical (unpaired) electrons. The highest BCUT2D eigenvalue weighted by Gasteiger charge is 2.48. The average Bonchev–Trinajstić information content (AvgIpc) is 2.77. The van der Waals surface area contributed by atoms with Gasteiger partial charge in [-0.3, -0.25) is 0 Å². The Balaban J connectivity index is 1.62. The van der Waals surface area contributed by atoms with Gasteiger partial charge in [-0.25, -0.2) is 4.79 Å². The van der Waals surface area contributed by atoms with E-state index in [4.69, 9.17) is 18.9 Å². The maximum absolute atomic E-state index is 11.8. The molecule has 96 valence electrons. The lowest BCUT2D eigenvalue weighted by Gasteiger charge is -2.04. The summed E-state index contributed by atoms with van der Waals surface area (Å²) < 4.78 is 20.9. The van der Waals surface area contributed by atoms with E-state index in [1.807, 2.05) is 13.8 Å². The second-order valence-electron chi connectivity index (χ2n) is 4.88. The van der Waals surface area contributed by atoms with Gasteiger partial charge in [-0.1, -0.05) is 0 Å². The summed E-state index contributed by atoms with van der Waals surface area (Å²) in [4.78, 5) is 11.8. The molecule has 1 saturated heterocycles. The molecule has 0 unspecified atom stereocenters. The van der Waals surface area contributed by atoms with Crippen LogP contribution in [0.15, 0.2) is 18.2 Å². The first-order valence-corrected chi connectivity index (χ1v) is 5.81. The standard InChI is InChI=1S/C13H14O5/c1-13(2)11(18-13)6-15-12(14)8-3-4-9-10(5-8)17-7-16-9/h3-5,11H,6-7H2,1-2H3/t11-/m0/s1. The van der Waals surface area contributed by atoms with Crippen molar-refractivity contribution >= 4 is 5.97 Å². The monoisotopic (exact) mass is 250 g/mol. The van der Waals surface area contributed by atoms with Crippen LogP contribution < -0.4 is 9.47 Å². The van der Waals surface area contributed by atoms with Crippen LogP contribution in [0.5, 0.6) is 11.5 Å². The zero-order chi connectivity index (χ0) is 12.8. The molecule has 5 nitrogen and oxygen atoms in total. The second kappa shape index (κ2) is 3.88. The van der Waals surface area contributed by atoms with Crippen molar-refractivity contribution in [1.29, 1.82) is 0 Å². The Morgan fingerprint density at radius 3 is 2.83 bits per heavy atom. The van der Waals surface area contributed by atoms with Gasteiger partial charge in [0.25, 0.3) is 0 Å². The maximum Gasteiger partial charge on any atom is 0.338 e. The Morgan fingerprint density at radius 2 is 2.11 bits per heavy atom. The summed E-state index contributed by atoms with van der Waals surface area (Å²) in [7, 11) is 0. The molecule has 0 spiro atoms. The predicted octanol–water partition coefficient (Wildman–Crippen LogP) is 1.75. The van der Waals surface area contributed by atoms with Gasteiger partial charge in [-0.2, -0.15) is 0 Å². The highest BCUT2D eigenvalue weighted by atomic mass is 16.7. The molecule has 1 aromatic carbocycles. The molecule has 0 N–H and O–H groups in total. The number of benzene rings is 1. The Morgan fingerprint density at radius 1 is 1.39 bits per heavy atom. The molecule has 0 saturated carbocycles. The number of fused-ring (bicyclic) bond motifs is 1. The SMILES string of the molecule is CC1(C)O[C@H]1COC(=O)c1ccc2c(c1)OCO2. The molecule has 1 fully saturated rings. The molecule has 2 aliphatic heterocycles. The highest BCUT2D eigenvalue weighted by molar-refractivity contribution is 5.90. The van der Waals surface area contributed by atoms with Gasteiger partial charge in [-0.15, -0.1) is 0 Å². The average molecular weight is 250 g/mol. The summed E-state index contributed by atoms with van der Waals surface area (Å²) in [5, 5.41) is 0. The fraction of sp³-hybridized carbons (Fsp3) is 0.462. The number of hydrogen-bond acceptors (Lipinski definition) is 5. The first-order valence-electron chi connectivity index (χ1n) is 5.81. The van der Waals surface area contributed by atoms with Crippen LogP contribution in [0.3, 0.4) is 0 Å². The highest BCUT2D eigenvalue weighted by Crippen LogP contribution is 2.36. The van der Waals surface area contributed by atoms with Crippen LogP contribution in [0.1, 0.15) is 24.2 Å². The molecule has 1 atom stereocenters. The Bertz CT molecular complexity index is 494. The zero-order valence-electron chi connectivity index (χ0n) is 10.3. The molecule has 2 aliphatic rings. The second-order valence-corrected chi connectivity index (χ2v) is 4.88. The fourth-order valence-electron chi connectivity index (χ4n) is 1.83. The van der Waals surface area contributed by atoms with Gasteiger partial charge < -0.3 is 18.9 Å². The first-order chi connectivity index (χ1) is 8.56. The van der Waals surface area contributed by atoms with Crippen molar-refractivity contribution in [2.24, 2.45) is 0 Å². The van der Waals surface area contributed by atoms with Gasteiger partial charge in [0.15, 0.2) is 11.5 Å². The van der Waals surface area contributed by atoms with Gasteiger partial charge in [0.05, 0.1) is 11.2 Å². The lowest BCUT2D eigenvalue weighted by Crippen LogP contribution is -2.14. The van der Waals surface area contributed by atoms with Crippen molar-refractivity contribution in [3.05, 3.63) is 23.8 Å². The number of carbonyl (C=O) groups is 1. The number of carbonyl (C=O) groups excluding carboxylic acids is 1. The molecule has 2 heterocycles. The minimum atomic E-state index is -0.375. The van der Waals surface area contributed by atoms with Gasteiger partial charge in [0.2, 0.25) is 6.79 Å². The number of esters is 1. The molecule has 0 bridgehead atoms. The van der Waals surface area contributed by atoms with Crippen molar-refractivity contribution in [2.75, 3.05) is 13.4 Å². The smallest absolute Gasteiger partial charge is 0.338 e. The van der Waals surface area contributed by atoms with Crippen LogP contribution in [-0.2, 0) is 9.47 Å². The summed E-state index contributed by atoms with van der Waals surface area (Å²) in [6.45, 7) is 4.40. The van der Waals surface area contributed by atoms with Crippen molar-refractivity contribution in [1.82, 2.24) is 0 Å². The molecule has 1 aromatic rings. The quantitative estimate of drug-likeness (QED) is 0.604. The van der Waals surface area contributed by atoms with E-state index >= 15 is 0 Å². The van der Waals surface area contributed by atoms with Crippen LogP contribution >= 0.6 is 0 Å². The minimum absolute atomic E-state index is 0.00420. The summed E-state index contributed by atoms with van der Waals surface area (Å²) >= 11 is 0. The van der Waals surface area contributed by atoms with Gasteiger partial charge in [0, 0.05) is 0 Å². The van der Waals surface area contributed by atoms with Gasteiger partial charge in [-0.05, 0) is 32.0 Å². The van der Waals surface area contributed by atoms with E-state index in [1.54, 1.807) is 18.2 Å². The third-order valence-electron chi connectivity index (χ3n) is 3.14. The van der Waals surface area contributed by atoms with Crippen molar-refractivity contribution in [3.8, 4) is 11.5 Å². The Labute approximate surface area is 105 Å². The van der Waals surface area contributed by atoms with Crippen LogP contribution in [-0.4, -0.2) is 31.1 Å². The molecule has 0 amide bonds. The topological polar surface area (TPSA) is 57.3 Å². The Hall–Kier alpha value is -1.75. The van der Waals surface area contributed by atoms with E-state index in [-0.39, 0.29) is 31.1 Å². The molecule has 0 aromatic heterocycles. The third kappa shape index (κ3) is 2.01. The van der Waals surface area contributed by atoms with Crippen molar-refractivity contribution in [3.63, 3.8) is 0 Å². The first kappa shape index (κ1) is 11.3. The Kier molecular flexibility index (Phi) is 2.45. The maximum atomic E-state index is 11.8. The number of ether oxygens (including phenoxy) is 4. The van der Waals surface area contributed by atoms with E-state index in [1.165, 1.54) is 0 Å². The summed E-state index contributed by atoms with van der Waals surface area (Å²) in [5.74, 6) is 0.852. The van der Waals surface area contributed by atoms with Crippen molar-refractivity contribution < 1.29 is 23.7 Å². The molecule has 0 aliphatic carbocycles.